The van der Waals surface area contributed by atoms with Gasteiger partial charge in [-0.25, -0.2) is 9.79 Å². The second-order valence-electron chi connectivity index (χ2n) is 6.80. The molecule has 4 nitrogen and oxygen atoms in total. The fourth-order valence-electron chi connectivity index (χ4n) is 3.79. The van der Waals surface area contributed by atoms with Gasteiger partial charge in [0.25, 0.3) is 0 Å². The Kier molecular flexibility index (Phi) is 5.84. The van der Waals surface area contributed by atoms with Crippen LogP contribution < -0.4 is 0 Å². The van der Waals surface area contributed by atoms with E-state index in [1.807, 2.05) is 6.07 Å². The van der Waals surface area contributed by atoms with Gasteiger partial charge in [0.1, 0.15) is 6.04 Å². The number of carbonyl (C=O) groups is 1. The molecule has 0 bridgehead atoms. The summed E-state index contributed by atoms with van der Waals surface area (Å²) in [5.74, 6) is 0.707. The third kappa shape index (κ3) is 4.09. The van der Waals surface area contributed by atoms with E-state index in [0.717, 1.165) is 35.5 Å². The molecular formula is C20H26N2O2S. The molecule has 0 aromatic heterocycles. The smallest absolute Gasteiger partial charge is 0.326 e. The highest BCUT2D eigenvalue weighted by atomic mass is 32.2. The molecule has 5 heteroatoms. The molecule has 0 saturated heterocycles. The minimum absolute atomic E-state index is 0.487. The zero-order chi connectivity index (χ0) is 17.8. The van der Waals surface area contributed by atoms with Crippen LogP contribution in [-0.4, -0.2) is 34.1 Å². The van der Waals surface area contributed by atoms with Crippen LogP contribution >= 0.6 is 11.8 Å². The van der Waals surface area contributed by atoms with Crippen molar-refractivity contribution >= 4 is 35.5 Å². The number of hydrogen-bond donors (Lipinski definition) is 1. The molecule has 1 atom stereocenters. The first-order valence-corrected chi connectivity index (χ1v) is 10.1. The molecule has 25 heavy (non-hydrogen) atoms. The molecule has 0 radical (unpaired) electrons. The second-order valence-corrected chi connectivity index (χ2v) is 8.14. The SMILES string of the molecule is C=C1c2ccc(SCC)cc2N=CN1C(CC1CCCCC1)C(=O)O. The van der Waals surface area contributed by atoms with Crippen molar-refractivity contribution in [2.75, 3.05) is 5.75 Å². The molecule has 1 aliphatic heterocycles. The summed E-state index contributed by atoms with van der Waals surface area (Å²) in [5, 5.41) is 9.79. The molecule has 134 valence electrons. The van der Waals surface area contributed by atoms with Crippen molar-refractivity contribution < 1.29 is 9.90 Å². The number of hydrogen-bond acceptors (Lipinski definition) is 4. The van der Waals surface area contributed by atoms with Crippen molar-refractivity contribution in [2.24, 2.45) is 10.9 Å². The second kappa shape index (κ2) is 8.09. The van der Waals surface area contributed by atoms with Crippen molar-refractivity contribution in [1.82, 2.24) is 4.90 Å². The first kappa shape index (κ1) is 18.1. The maximum atomic E-state index is 11.9. The van der Waals surface area contributed by atoms with Gasteiger partial charge in [0, 0.05) is 16.2 Å². The zero-order valence-electron chi connectivity index (χ0n) is 14.8. The van der Waals surface area contributed by atoms with E-state index in [1.54, 1.807) is 23.0 Å². The van der Waals surface area contributed by atoms with Crippen LogP contribution in [0, 0.1) is 5.92 Å². The number of rotatable bonds is 6. The van der Waals surface area contributed by atoms with E-state index in [9.17, 15) is 9.90 Å². The van der Waals surface area contributed by atoms with Crippen LogP contribution in [0.4, 0.5) is 5.69 Å². The third-order valence-corrected chi connectivity index (χ3v) is 6.00. The van der Waals surface area contributed by atoms with Crippen LogP contribution in [0.2, 0.25) is 0 Å². The van der Waals surface area contributed by atoms with Gasteiger partial charge in [0.15, 0.2) is 0 Å². The summed E-state index contributed by atoms with van der Waals surface area (Å²) in [6, 6.07) is 5.55. The van der Waals surface area contributed by atoms with E-state index in [0.29, 0.717) is 12.3 Å². The van der Waals surface area contributed by atoms with Crippen molar-refractivity contribution in [2.45, 2.75) is 56.4 Å². The monoisotopic (exact) mass is 358 g/mol. The van der Waals surface area contributed by atoms with E-state index in [2.05, 4.69) is 30.6 Å². The van der Waals surface area contributed by atoms with Gasteiger partial charge in [-0.3, -0.25) is 0 Å². The Balaban J connectivity index is 1.80. The molecule has 1 N–H and O–H groups in total. The highest BCUT2D eigenvalue weighted by Crippen LogP contribution is 2.37. The van der Waals surface area contributed by atoms with Crippen LogP contribution in [0.3, 0.4) is 0 Å². The summed E-state index contributed by atoms with van der Waals surface area (Å²) in [6.45, 7) is 6.30. The first-order valence-electron chi connectivity index (χ1n) is 9.11. The highest BCUT2D eigenvalue weighted by Gasteiger charge is 2.32. The molecule has 1 fully saturated rings. The standard InChI is InChI=1S/C20H26N2O2S/c1-3-25-16-9-10-17-14(2)22(13-21-18(17)12-16)19(20(23)24)11-15-7-5-4-6-8-15/h9-10,12-13,15,19H,2-8,11H2,1H3,(H,23,24). The van der Waals surface area contributed by atoms with Crippen LogP contribution in [0.1, 0.15) is 51.0 Å². The molecule has 1 aromatic carbocycles. The Morgan fingerprint density at radius 1 is 1.40 bits per heavy atom. The molecule has 3 rings (SSSR count). The van der Waals surface area contributed by atoms with Gasteiger partial charge in [0.2, 0.25) is 0 Å². The maximum absolute atomic E-state index is 11.9. The Morgan fingerprint density at radius 3 is 2.84 bits per heavy atom. The van der Waals surface area contributed by atoms with E-state index >= 15 is 0 Å². The van der Waals surface area contributed by atoms with Crippen molar-refractivity contribution in [3.05, 3.63) is 30.3 Å². The van der Waals surface area contributed by atoms with Crippen LogP contribution in [-0.2, 0) is 4.79 Å². The Bertz CT molecular complexity index is 680. The normalized spacial score (nSPS) is 18.9. The summed E-state index contributed by atoms with van der Waals surface area (Å²) in [6.07, 6.45) is 8.30. The van der Waals surface area contributed by atoms with E-state index < -0.39 is 12.0 Å². The number of fused-ring (bicyclic) bond motifs is 1. The predicted octanol–water partition coefficient (Wildman–Crippen LogP) is 5.17. The number of benzene rings is 1. The summed E-state index contributed by atoms with van der Waals surface area (Å²) in [4.78, 5) is 19.4. The first-order chi connectivity index (χ1) is 12.1. The lowest BCUT2D eigenvalue weighted by molar-refractivity contribution is -0.141. The van der Waals surface area contributed by atoms with Gasteiger partial charge in [-0.2, -0.15) is 0 Å². The largest absolute Gasteiger partial charge is 0.480 e. The lowest BCUT2D eigenvalue weighted by Crippen LogP contribution is -2.41. The summed E-state index contributed by atoms with van der Waals surface area (Å²) in [7, 11) is 0. The molecular weight excluding hydrogens is 332 g/mol. The molecule has 1 aromatic rings. The quantitative estimate of drug-likeness (QED) is 0.713. The maximum Gasteiger partial charge on any atom is 0.326 e. The number of nitrogens with zero attached hydrogens (tertiary/aromatic N) is 2. The Morgan fingerprint density at radius 2 is 2.16 bits per heavy atom. The average molecular weight is 359 g/mol. The van der Waals surface area contributed by atoms with Gasteiger partial charge in [-0.1, -0.05) is 45.6 Å². The van der Waals surface area contributed by atoms with Gasteiger partial charge in [-0.15, -0.1) is 11.8 Å². The third-order valence-electron chi connectivity index (χ3n) is 5.13. The number of aliphatic carboxylic acids is 1. The number of carboxylic acid groups (broad SMARTS) is 1. The average Bonchev–Trinajstić information content (AvgIpc) is 2.61. The van der Waals surface area contributed by atoms with Crippen LogP contribution in [0.25, 0.3) is 5.70 Å². The van der Waals surface area contributed by atoms with Crippen molar-refractivity contribution in [3.8, 4) is 0 Å². The van der Waals surface area contributed by atoms with Gasteiger partial charge in [-0.05, 0) is 36.3 Å². The minimum Gasteiger partial charge on any atom is -0.480 e. The minimum atomic E-state index is -0.792. The van der Waals surface area contributed by atoms with E-state index in [4.69, 9.17) is 0 Å². The summed E-state index contributed by atoms with van der Waals surface area (Å²) < 4.78 is 0. The fraction of sp³-hybridized carbons (Fsp3) is 0.500. The lowest BCUT2D eigenvalue weighted by atomic mass is 9.84. The molecule has 1 heterocycles. The zero-order valence-corrected chi connectivity index (χ0v) is 15.6. The molecule has 1 unspecified atom stereocenters. The topological polar surface area (TPSA) is 52.9 Å². The van der Waals surface area contributed by atoms with Gasteiger partial charge >= 0.3 is 5.97 Å². The molecule has 2 aliphatic rings. The lowest BCUT2D eigenvalue weighted by Gasteiger charge is -2.34. The summed E-state index contributed by atoms with van der Waals surface area (Å²) in [5.41, 5.74) is 2.54. The summed E-state index contributed by atoms with van der Waals surface area (Å²) >= 11 is 1.77. The highest BCUT2D eigenvalue weighted by molar-refractivity contribution is 7.99. The van der Waals surface area contributed by atoms with E-state index in [-0.39, 0.29) is 0 Å². The van der Waals surface area contributed by atoms with Crippen molar-refractivity contribution in [1.29, 1.82) is 0 Å². The van der Waals surface area contributed by atoms with Crippen LogP contribution in [0.5, 0.6) is 0 Å². The molecule has 0 spiro atoms. The Labute approximate surface area is 154 Å². The molecule has 1 aliphatic carbocycles. The molecule has 0 amide bonds. The van der Waals surface area contributed by atoms with Gasteiger partial charge < -0.3 is 10.0 Å². The van der Waals surface area contributed by atoms with Gasteiger partial charge in [0.05, 0.1) is 12.0 Å². The van der Waals surface area contributed by atoms with Crippen molar-refractivity contribution in [3.63, 3.8) is 0 Å². The number of aliphatic imine (C=N–C) groups is 1. The predicted molar refractivity (Wildman–Crippen MR) is 104 cm³/mol. The van der Waals surface area contributed by atoms with E-state index in [1.165, 1.54) is 24.2 Å². The Hall–Kier alpha value is -1.75. The number of carboxylic acids is 1. The number of thioether (sulfide) groups is 1. The fourth-order valence-corrected chi connectivity index (χ4v) is 4.49. The van der Waals surface area contributed by atoms with Crippen LogP contribution in [0.15, 0.2) is 34.7 Å². The molecule has 1 saturated carbocycles.